The van der Waals surface area contributed by atoms with Gasteiger partial charge < -0.3 is 4.74 Å². The minimum atomic E-state index is 0.539. The number of halogens is 1. The topological polar surface area (TPSA) is 33.0 Å². The van der Waals surface area contributed by atoms with Crippen LogP contribution >= 0.6 is 11.6 Å². The Bertz CT molecular complexity index is 504. The van der Waals surface area contributed by atoms with Crippen LogP contribution in [0.3, 0.4) is 0 Å². The van der Waals surface area contributed by atoms with Crippen molar-refractivity contribution in [2.45, 2.75) is 38.0 Å². The Kier molecular flexibility index (Phi) is 2.72. The lowest BCUT2D eigenvalue weighted by molar-refractivity contribution is 0.357. The largest absolute Gasteiger partial charge is 0.491 e. The summed E-state index contributed by atoms with van der Waals surface area (Å²) in [4.78, 5) is 0. The van der Waals surface area contributed by atoms with Gasteiger partial charge in [-0.25, -0.2) is 0 Å². The number of benzene rings is 1. The number of hydrogen-bond donors (Lipinski definition) is 0. The van der Waals surface area contributed by atoms with Crippen LogP contribution < -0.4 is 4.74 Å². The molecule has 0 saturated carbocycles. The van der Waals surface area contributed by atoms with Crippen LogP contribution in [-0.2, 0) is 12.8 Å². The van der Waals surface area contributed by atoms with E-state index in [0.717, 1.165) is 43.1 Å². The lowest BCUT2D eigenvalue weighted by Gasteiger charge is -2.14. The van der Waals surface area contributed by atoms with Gasteiger partial charge in [0.15, 0.2) is 0 Å². The van der Waals surface area contributed by atoms with E-state index >= 15 is 0 Å². The van der Waals surface area contributed by atoms with Crippen molar-refractivity contribution in [3.8, 4) is 11.8 Å². The molecule has 2 nitrogen and oxygen atoms in total. The zero-order valence-corrected chi connectivity index (χ0v) is 10.4. The zero-order chi connectivity index (χ0) is 11.8. The van der Waals surface area contributed by atoms with E-state index in [0.29, 0.717) is 12.3 Å². The fourth-order valence-corrected chi connectivity index (χ4v) is 3.43. The van der Waals surface area contributed by atoms with Gasteiger partial charge in [-0.05, 0) is 42.4 Å². The maximum Gasteiger partial charge on any atom is 0.141 e. The van der Waals surface area contributed by atoms with Gasteiger partial charge in [-0.3, -0.25) is 0 Å². The van der Waals surface area contributed by atoms with Crippen molar-refractivity contribution in [1.29, 1.82) is 5.26 Å². The second kappa shape index (κ2) is 4.23. The van der Waals surface area contributed by atoms with Gasteiger partial charge in [0.1, 0.15) is 5.75 Å². The molecule has 1 aromatic rings. The highest BCUT2D eigenvalue weighted by Gasteiger charge is 2.30. The van der Waals surface area contributed by atoms with Crippen LogP contribution in [0.15, 0.2) is 6.07 Å². The summed E-state index contributed by atoms with van der Waals surface area (Å²) in [7, 11) is 0. The van der Waals surface area contributed by atoms with Crippen molar-refractivity contribution >= 4 is 11.6 Å². The van der Waals surface area contributed by atoms with E-state index in [1.54, 1.807) is 0 Å². The van der Waals surface area contributed by atoms with E-state index in [1.807, 2.05) is 0 Å². The van der Waals surface area contributed by atoms with E-state index < -0.39 is 0 Å². The lowest BCUT2D eigenvalue weighted by atomic mass is 9.91. The minimum Gasteiger partial charge on any atom is -0.491 e. The van der Waals surface area contributed by atoms with Crippen molar-refractivity contribution in [2.24, 2.45) is 0 Å². The smallest absolute Gasteiger partial charge is 0.141 e. The van der Waals surface area contributed by atoms with Gasteiger partial charge in [0.2, 0.25) is 0 Å². The van der Waals surface area contributed by atoms with E-state index in [-0.39, 0.29) is 0 Å². The molecule has 0 aromatic heterocycles. The molecule has 1 aliphatic carbocycles. The van der Waals surface area contributed by atoms with Crippen LogP contribution in [0, 0.1) is 11.3 Å². The molecule has 0 radical (unpaired) electrons. The highest BCUT2D eigenvalue weighted by molar-refractivity contribution is 6.32. The molecule has 0 N–H and O–H groups in total. The number of fused-ring (bicyclic) bond motifs is 3. The molecule has 0 unspecified atom stereocenters. The predicted octanol–water partition coefficient (Wildman–Crippen LogP) is 3.61. The average molecular weight is 248 g/mol. The van der Waals surface area contributed by atoms with Crippen LogP contribution in [0.2, 0.25) is 5.02 Å². The first-order chi connectivity index (χ1) is 8.31. The number of nitriles is 1. The van der Waals surface area contributed by atoms with Gasteiger partial charge in [-0.2, -0.15) is 5.26 Å². The van der Waals surface area contributed by atoms with Crippen molar-refractivity contribution in [3.63, 3.8) is 0 Å². The summed E-state index contributed by atoms with van der Waals surface area (Å²) in [6, 6.07) is 4.31. The van der Waals surface area contributed by atoms with Gasteiger partial charge in [-0.15, -0.1) is 0 Å². The summed E-state index contributed by atoms with van der Waals surface area (Å²) in [6.45, 7) is 0.747. The van der Waals surface area contributed by atoms with Gasteiger partial charge in [-0.1, -0.05) is 11.6 Å². The summed E-state index contributed by atoms with van der Waals surface area (Å²) < 4.78 is 5.61. The standard InChI is InChI=1S/C14H14ClNO/c15-12-8-10-4-3-9(2-1-6-16)13(10)11-5-7-17-14(11)12/h8-9H,1-5,7H2/t9-/m1/s1. The predicted molar refractivity (Wildman–Crippen MR) is 66.6 cm³/mol. The summed E-state index contributed by atoms with van der Waals surface area (Å²) in [5.41, 5.74) is 4.13. The molecule has 88 valence electrons. The Hall–Kier alpha value is -1.20. The van der Waals surface area contributed by atoms with Gasteiger partial charge in [0.05, 0.1) is 17.7 Å². The Morgan fingerprint density at radius 1 is 1.47 bits per heavy atom. The summed E-state index contributed by atoms with van der Waals surface area (Å²) in [5.74, 6) is 1.44. The number of nitrogens with zero attached hydrogens (tertiary/aromatic N) is 1. The highest BCUT2D eigenvalue weighted by atomic mass is 35.5. The molecule has 0 fully saturated rings. The van der Waals surface area contributed by atoms with Crippen LogP contribution in [0.5, 0.6) is 5.75 Å². The first-order valence-electron chi connectivity index (χ1n) is 6.15. The molecule has 1 atom stereocenters. The molecule has 1 heterocycles. The molecule has 3 heteroatoms. The monoisotopic (exact) mass is 247 g/mol. The minimum absolute atomic E-state index is 0.539. The molecule has 0 amide bonds. The van der Waals surface area contributed by atoms with Crippen LogP contribution in [0.25, 0.3) is 0 Å². The molecule has 1 aliphatic heterocycles. The van der Waals surface area contributed by atoms with Gasteiger partial charge in [0.25, 0.3) is 0 Å². The molecular weight excluding hydrogens is 234 g/mol. The molecule has 17 heavy (non-hydrogen) atoms. The Balaban J connectivity index is 2.03. The highest BCUT2D eigenvalue weighted by Crippen LogP contribution is 2.46. The normalized spacial score (nSPS) is 20.6. The average Bonchev–Trinajstić information content (AvgIpc) is 2.92. The number of ether oxygens (including phenoxy) is 1. The van der Waals surface area contributed by atoms with E-state index in [2.05, 4.69) is 12.1 Å². The van der Waals surface area contributed by atoms with Crippen LogP contribution in [-0.4, -0.2) is 6.61 Å². The molecule has 0 bridgehead atoms. The fourth-order valence-electron chi connectivity index (χ4n) is 3.13. The molecule has 3 rings (SSSR count). The fraction of sp³-hybridized carbons (Fsp3) is 0.500. The quantitative estimate of drug-likeness (QED) is 0.800. The zero-order valence-electron chi connectivity index (χ0n) is 9.63. The third-order valence-electron chi connectivity index (χ3n) is 3.84. The Morgan fingerprint density at radius 2 is 2.35 bits per heavy atom. The van der Waals surface area contributed by atoms with Crippen molar-refractivity contribution in [1.82, 2.24) is 0 Å². The third-order valence-corrected chi connectivity index (χ3v) is 4.12. The Labute approximate surface area is 106 Å². The first kappa shape index (κ1) is 10.9. The van der Waals surface area contributed by atoms with E-state index in [4.69, 9.17) is 21.6 Å². The van der Waals surface area contributed by atoms with Crippen molar-refractivity contribution in [3.05, 3.63) is 27.8 Å². The molecule has 2 aliphatic rings. The van der Waals surface area contributed by atoms with E-state index in [9.17, 15) is 0 Å². The first-order valence-corrected chi connectivity index (χ1v) is 6.53. The second-order valence-corrected chi connectivity index (χ2v) is 5.18. The number of rotatable bonds is 2. The second-order valence-electron chi connectivity index (χ2n) is 4.77. The number of aryl methyl sites for hydroxylation is 1. The van der Waals surface area contributed by atoms with Crippen LogP contribution in [0.1, 0.15) is 41.9 Å². The number of hydrogen-bond acceptors (Lipinski definition) is 2. The van der Waals surface area contributed by atoms with E-state index in [1.165, 1.54) is 16.7 Å². The molecule has 0 saturated heterocycles. The van der Waals surface area contributed by atoms with Crippen molar-refractivity contribution in [2.75, 3.05) is 6.61 Å². The lowest BCUT2D eigenvalue weighted by Crippen LogP contribution is -1.98. The SMILES string of the molecule is N#CCC[C@@H]1CCc2cc(Cl)c3c(c21)CCO3. The van der Waals surface area contributed by atoms with Crippen LogP contribution in [0.4, 0.5) is 0 Å². The van der Waals surface area contributed by atoms with Gasteiger partial charge >= 0.3 is 0 Å². The van der Waals surface area contributed by atoms with Crippen molar-refractivity contribution < 1.29 is 4.74 Å². The summed E-state index contributed by atoms with van der Waals surface area (Å²) >= 11 is 6.23. The molecular formula is C14H14ClNO. The van der Waals surface area contributed by atoms with Gasteiger partial charge in [0, 0.05) is 18.4 Å². The maximum atomic E-state index is 8.72. The summed E-state index contributed by atoms with van der Waals surface area (Å²) in [5, 5.41) is 9.48. The molecule has 1 aromatic carbocycles. The third kappa shape index (κ3) is 1.70. The summed E-state index contributed by atoms with van der Waals surface area (Å²) in [6.07, 6.45) is 4.84. The maximum absolute atomic E-state index is 8.72. The molecule has 0 spiro atoms. The Morgan fingerprint density at radius 3 is 3.18 bits per heavy atom.